The summed E-state index contributed by atoms with van der Waals surface area (Å²) < 4.78 is 56.8. The van der Waals surface area contributed by atoms with E-state index in [1.54, 1.807) is 0 Å². The number of rotatable bonds is 4. The van der Waals surface area contributed by atoms with Gasteiger partial charge in [0.15, 0.2) is 0 Å². The van der Waals surface area contributed by atoms with Gasteiger partial charge in [0.25, 0.3) is 0 Å². The van der Waals surface area contributed by atoms with Crippen molar-refractivity contribution in [1.82, 2.24) is 4.72 Å². The van der Waals surface area contributed by atoms with Gasteiger partial charge in [-0.2, -0.15) is 13.2 Å². The van der Waals surface area contributed by atoms with E-state index in [0.717, 1.165) is 16.7 Å². The molecule has 22 heavy (non-hydrogen) atoms. The van der Waals surface area contributed by atoms with Gasteiger partial charge in [-0.15, -0.1) is 0 Å². The Balaban J connectivity index is 0.000000534. The second kappa shape index (κ2) is 8.11. The average molecular weight is 342 g/mol. The fourth-order valence-corrected chi connectivity index (χ4v) is 2.20. The lowest BCUT2D eigenvalue weighted by atomic mass is 10.1. The Kier molecular flexibility index (Phi) is 7.50. The van der Waals surface area contributed by atoms with Crippen LogP contribution in [-0.4, -0.2) is 32.7 Å². The molecule has 0 saturated carbocycles. The van der Waals surface area contributed by atoms with Crippen LogP contribution in [-0.2, 0) is 27.1 Å². The van der Waals surface area contributed by atoms with Crippen LogP contribution < -0.4 is 10.5 Å². The van der Waals surface area contributed by atoms with Crippen molar-refractivity contribution < 1.29 is 31.5 Å². The highest BCUT2D eigenvalue weighted by Crippen LogP contribution is 2.14. The maximum absolute atomic E-state index is 11.4. The predicted octanol–water partition coefficient (Wildman–Crippen LogP) is 1.14. The molecule has 0 atom stereocenters. The molecule has 0 aliphatic carbocycles. The highest BCUT2D eigenvalue weighted by atomic mass is 32.2. The number of hydrogen-bond acceptors (Lipinski definition) is 4. The van der Waals surface area contributed by atoms with Crippen LogP contribution in [0.5, 0.6) is 0 Å². The van der Waals surface area contributed by atoms with Crippen LogP contribution >= 0.6 is 0 Å². The van der Waals surface area contributed by atoms with E-state index in [2.05, 4.69) is 4.72 Å². The number of aryl methyl sites for hydroxylation is 1. The first kappa shape index (κ1) is 20.3. The molecule has 1 aromatic carbocycles. The van der Waals surface area contributed by atoms with E-state index in [1.807, 2.05) is 25.1 Å². The van der Waals surface area contributed by atoms with Crippen molar-refractivity contribution in [2.24, 2.45) is 5.73 Å². The highest BCUT2D eigenvalue weighted by Gasteiger charge is 2.38. The van der Waals surface area contributed by atoms with E-state index in [-0.39, 0.29) is 5.75 Å². The van der Waals surface area contributed by atoms with E-state index in [0.29, 0.717) is 6.54 Å². The Bertz CT molecular complexity index is 615. The van der Waals surface area contributed by atoms with Gasteiger partial charge in [0.2, 0.25) is 10.0 Å². The van der Waals surface area contributed by atoms with Gasteiger partial charge in [0.1, 0.15) is 0 Å². The van der Waals surface area contributed by atoms with Crippen LogP contribution in [0.4, 0.5) is 13.2 Å². The van der Waals surface area contributed by atoms with Crippen LogP contribution in [0.15, 0.2) is 18.2 Å². The second-order valence-corrected chi connectivity index (χ2v) is 6.17. The minimum absolute atomic E-state index is 0.0175. The molecule has 1 rings (SSSR count). The summed E-state index contributed by atoms with van der Waals surface area (Å²) in [4.78, 5) is 8.90. The van der Waals surface area contributed by atoms with Gasteiger partial charge in [-0.3, -0.25) is 0 Å². The number of nitrogens with two attached hydrogens (primary N) is 1. The summed E-state index contributed by atoms with van der Waals surface area (Å²) in [7, 11) is -1.82. The number of sulfonamides is 1. The Morgan fingerprint density at radius 3 is 2.18 bits per heavy atom. The Morgan fingerprint density at radius 1 is 1.32 bits per heavy atom. The number of nitrogens with one attached hydrogen (secondary N) is 1. The molecule has 0 aliphatic heterocycles. The fraction of sp³-hybridized carbons (Fsp3) is 0.417. The molecule has 126 valence electrons. The quantitative estimate of drug-likeness (QED) is 0.760. The van der Waals surface area contributed by atoms with Crippen molar-refractivity contribution >= 4 is 16.0 Å². The third-order valence-electron chi connectivity index (χ3n) is 2.48. The SMILES string of the molecule is CNS(=O)(=O)Cc1ccc(C)cc1CN.O=C(O)C(F)(F)F. The molecule has 0 unspecified atom stereocenters. The molecule has 0 amide bonds. The van der Waals surface area contributed by atoms with Crippen LogP contribution in [0.2, 0.25) is 0 Å². The van der Waals surface area contributed by atoms with Crippen molar-refractivity contribution in [3.05, 3.63) is 34.9 Å². The summed E-state index contributed by atoms with van der Waals surface area (Å²) in [6.45, 7) is 2.31. The number of carboxylic acids is 1. The predicted molar refractivity (Wildman–Crippen MR) is 74.4 cm³/mol. The van der Waals surface area contributed by atoms with E-state index < -0.39 is 22.2 Å². The number of hydrogen-bond donors (Lipinski definition) is 3. The minimum Gasteiger partial charge on any atom is -0.475 e. The molecule has 6 nitrogen and oxygen atoms in total. The van der Waals surface area contributed by atoms with E-state index in [4.69, 9.17) is 15.6 Å². The van der Waals surface area contributed by atoms with Gasteiger partial charge in [-0.25, -0.2) is 17.9 Å². The topological polar surface area (TPSA) is 109 Å². The number of carboxylic acid groups (broad SMARTS) is 1. The van der Waals surface area contributed by atoms with Crippen LogP contribution in [0.1, 0.15) is 16.7 Å². The van der Waals surface area contributed by atoms with Crippen LogP contribution in [0.25, 0.3) is 0 Å². The maximum atomic E-state index is 11.4. The van der Waals surface area contributed by atoms with E-state index in [9.17, 15) is 21.6 Å². The van der Waals surface area contributed by atoms with E-state index in [1.165, 1.54) is 7.05 Å². The van der Waals surface area contributed by atoms with Crippen molar-refractivity contribution in [1.29, 1.82) is 0 Å². The normalized spacial score (nSPS) is 11.5. The molecule has 4 N–H and O–H groups in total. The third kappa shape index (κ3) is 7.38. The molecule has 0 heterocycles. The summed E-state index contributed by atoms with van der Waals surface area (Å²) in [5, 5.41) is 7.12. The molecular weight excluding hydrogens is 325 g/mol. The molecular formula is C12H17F3N2O4S. The number of alkyl halides is 3. The smallest absolute Gasteiger partial charge is 0.475 e. The highest BCUT2D eigenvalue weighted by molar-refractivity contribution is 7.88. The number of carbonyl (C=O) groups is 1. The summed E-state index contributed by atoms with van der Waals surface area (Å²) in [6.07, 6.45) is -5.08. The molecule has 0 aromatic heterocycles. The molecule has 0 spiro atoms. The van der Waals surface area contributed by atoms with Crippen molar-refractivity contribution in [3.63, 3.8) is 0 Å². The van der Waals surface area contributed by atoms with Crippen molar-refractivity contribution in [3.8, 4) is 0 Å². The maximum Gasteiger partial charge on any atom is 0.490 e. The summed E-state index contributed by atoms with van der Waals surface area (Å²) >= 11 is 0. The number of aliphatic carboxylic acids is 1. The largest absolute Gasteiger partial charge is 0.490 e. The fourth-order valence-electron chi connectivity index (χ4n) is 1.36. The lowest BCUT2D eigenvalue weighted by molar-refractivity contribution is -0.192. The molecule has 0 radical (unpaired) electrons. The summed E-state index contributed by atoms with van der Waals surface area (Å²) in [5.74, 6) is -2.77. The van der Waals surface area contributed by atoms with Gasteiger partial charge in [0, 0.05) is 6.54 Å². The number of halogens is 3. The van der Waals surface area contributed by atoms with Gasteiger partial charge in [-0.05, 0) is 25.1 Å². The van der Waals surface area contributed by atoms with Gasteiger partial charge < -0.3 is 10.8 Å². The third-order valence-corrected chi connectivity index (χ3v) is 3.79. The minimum atomic E-state index is -5.08. The average Bonchev–Trinajstić information content (AvgIpc) is 2.40. The lowest BCUT2D eigenvalue weighted by Gasteiger charge is -2.08. The molecule has 1 aromatic rings. The first-order valence-electron chi connectivity index (χ1n) is 5.92. The van der Waals surface area contributed by atoms with Crippen LogP contribution in [0, 0.1) is 6.92 Å². The van der Waals surface area contributed by atoms with Crippen molar-refractivity contribution in [2.75, 3.05) is 7.05 Å². The van der Waals surface area contributed by atoms with E-state index >= 15 is 0 Å². The zero-order chi connectivity index (χ0) is 17.6. The molecule has 0 saturated heterocycles. The standard InChI is InChI=1S/C10H16N2O2S.C2HF3O2/c1-8-3-4-9(10(5-8)6-11)7-15(13,14)12-2;3-2(4,5)1(6)7/h3-5,12H,6-7,11H2,1-2H3;(H,6,7). The first-order valence-corrected chi connectivity index (χ1v) is 7.58. The molecule has 0 fully saturated rings. The molecule has 10 heteroatoms. The zero-order valence-electron chi connectivity index (χ0n) is 11.9. The first-order chi connectivity index (χ1) is 9.92. The van der Waals surface area contributed by atoms with Crippen LogP contribution in [0.3, 0.4) is 0 Å². The molecule has 0 aliphatic rings. The van der Waals surface area contributed by atoms with Gasteiger partial charge in [-0.1, -0.05) is 23.8 Å². The molecule has 0 bridgehead atoms. The second-order valence-electron chi connectivity index (χ2n) is 4.24. The lowest BCUT2D eigenvalue weighted by Crippen LogP contribution is -2.21. The monoisotopic (exact) mass is 342 g/mol. The zero-order valence-corrected chi connectivity index (χ0v) is 12.8. The Morgan fingerprint density at radius 2 is 1.82 bits per heavy atom. The summed E-state index contributed by atoms with van der Waals surface area (Å²) in [6, 6.07) is 5.62. The summed E-state index contributed by atoms with van der Waals surface area (Å²) in [5.41, 5.74) is 8.29. The van der Waals surface area contributed by atoms with Gasteiger partial charge in [0.05, 0.1) is 5.75 Å². The van der Waals surface area contributed by atoms with Crippen molar-refractivity contribution in [2.45, 2.75) is 25.4 Å². The van der Waals surface area contributed by atoms with Gasteiger partial charge >= 0.3 is 12.1 Å². The Labute approximate surface area is 126 Å². The number of benzene rings is 1. The Hall–Kier alpha value is -1.65.